The van der Waals surface area contributed by atoms with E-state index in [1.165, 1.54) is 250 Å². The van der Waals surface area contributed by atoms with E-state index in [2.05, 4.69) is 48.5 Å². The van der Waals surface area contributed by atoms with E-state index in [0.29, 0.717) is 25.7 Å². The molecule has 0 radical (unpaired) electrons. The van der Waals surface area contributed by atoms with E-state index in [4.69, 9.17) is 37.0 Å². The van der Waals surface area contributed by atoms with Gasteiger partial charge in [0.2, 0.25) is 0 Å². The zero-order valence-electron chi connectivity index (χ0n) is 68.5. The van der Waals surface area contributed by atoms with Crippen LogP contribution in [-0.4, -0.2) is 96.7 Å². The summed E-state index contributed by atoms with van der Waals surface area (Å²) in [6.07, 6.45) is 65.2. The molecule has 0 spiro atoms. The minimum Gasteiger partial charge on any atom is -0.462 e. The average molecular weight is 1520 g/mol. The maximum Gasteiger partial charge on any atom is 0.472 e. The van der Waals surface area contributed by atoms with Crippen molar-refractivity contribution in [3.8, 4) is 0 Å². The molecule has 0 aromatic rings. The molecule has 0 aromatic heterocycles. The second-order valence-electron chi connectivity index (χ2n) is 31.5. The number of carbonyl (C=O) groups excluding carboxylic acids is 4. The summed E-state index contributed by atoms with van der Waals surface area (Å²) in [5, 5.41) is 10.7. The van der Waals surface area contributed by atoms with Gasteiger partial charge in [-0.2, -0.15) is 0 Å². The van der Waals surface area contributed by atoms with Crippen molar-refractivity contribution in [1.29, 1.82) is 0 Å². The number of ether oxygens (including phenoxy) is 4. The Balaban J connectivity index is 5.24. The summed E-state index contributed by atoms with van der Waals surface area (Å²) in [5.41, 5.74) is 0. The Labute approximate surface area is 638 Å². The molecule has 0 aromatic carbocycles. The summed E-state index contributed by atoms with van der Waals surface area (Å²) < 4.78 is 68.9. The van der Waals surface area contributed by atoms with E-state index < -0.39 is 97.5 Å². The van der Waals surface area contributed by atoms with E-state index in [9.17, 15) is 43.2 Å². The summed E-state index contributed by atoms with van der Waals surface area (Å²) in [5.74, 6) is 0.284. The van der Waals surface area contributed by atoms with Crippen LogP contribution >= 0.6 is 15.6 Å². The van der Waals surface area contributed by atoms with Crippen LogP contribution in [0.5, 0.6) is 0 Å². The Kier molecular flexibility index (Phi) is 73.7. The van der Waals surface area contributed by atoms with E-state index in [1.54, 1.807) is 0 Å². The summed E-state index contributed by atoms with van der Waals surface area (Å²) in [6, 6.07) is 0. The highest BCUT2D eigenvalue weighted by Crippen LogP contribution is 2.45. The summed E-state index contributed by atoms with van der Waals surface area (Å²) in [7, 11) is -9.93. The van der Waals surface area contributed by atoms with Crippen molar-refractivity contribution in [2.75, 3.05) is 39.6 Å². The Morgan fingerprint density at radius 2 is 0.490 bits per heavy atom. The molecule has 17 nitrogen and oxygen atoms in total. The molecule has 0 rings (SSSR count). The monoisotopic (exact) mass is 1520 g/mol. The van der Waals surface area contributed by atoms with Crippen molar-refractivity contribution in [1.82, 2.24) is 0 Å². The smallest absolute Gasteiger partial charge is 0.462 e. The number of unbranched alkanes of at least 4 members (excludes halogenated alkanes) is 49. The summed E-state index contributed by atoms with van der Waals surface area (Å²) in [6.45, 7) is 12.0. The molecular formula is C85H166O17P2. The van der Waals surface area contributed by atoms with E-state index in [0.717, 1.165) is 114 Å². The lowest BCUT2D eigenvalue weighted by atomic mass is 9.99. The Hall–Kier alpha value is -1.94. The van der Waals surface area contributed by atoms with Gasteiger partial charge in [0, 0.05) is 25.7 Å². The lowest BCUT2D eigenvalue weighted by Crippen LogP contribution is -2.30. The van der Waals surface area contributed by atoms with Gasteiger partial charge in [-0.25, -0.2) is 9.13 Å². The predicted molar refractivity (Wildman–Crippen MR) is 428 cm³/mol. The van der Waals surface area contributed by atoms with Crippen LogP contribution in [-0.2, 0) is 65.4 Å². The van der Waals surface area contributed by atoms with Crippen molar-refractivity contribution >= 4 is 39.5 Å². The zero-order chi connectivity index (χ0) is 76.5. The molecule has 618 valence electrons. The highest BCUT2D eigenvalue weighted by atomic mass is 31.2. The normalized spacial score (nSPS) is 14.4. The van der Waals surface area contributed by atoms with Gasteiger partial charge in [-0.3, -0.25) is 37.3 Å². The van der Waals surface area contributed by atoms with Crippen LogP contribution in [0.3, 0.4) is 0 Å². The van der Waals surface area contributed by atoms with Crippen molar-refractivity contribution in [3.05, 3.63) is 0 Å². The molecule has 0 aliphatic heterocycles. The standard InChI is InChI=1S/C85H166O17P2/c1-8-11-12-13-14-15-16-17-18-19-23-30-35-40-45-54-62-69-85(90)102-81(73-96-83(88)67-60-53-48-47-51-58-65-78(7)10-3)75-100-104(93,94)98-71-79(86)70-97-103(91,92)99-74-80(72-95-82(87)66-59-52-44-39-34-29-26-25-28-33-38-43-50-57-64-77(6)9-2)101-84(89)68-61-55-46-41-36-31-24-21-20-22-27-32-37-42-49-56-63-76(4)5/h76-81,86H,8-75H2,1-7H3,(H,91,92)(H,93,94)/t77?,78?,79-,80-,81-/m1/s1. The summed E-state index contributed by atoms with van der Waals surface area (Å²) in [4.78, 5) is 73.2. The molecule has 7 atom stereocenters. The topological polar surface area (TPSA) is 237 Å². The highest BCUT2D eigenvalue weighted by molar-refractivity contribution is 7.47. The SMILES string of the molecule is CCCCCCCCCCCCCCCCCCCC(=O)O[C@H](COC(=O)CCCCCCCCC(C)CC)COP(=O)(O)OC[C@H](O)COP(=O)(O)OC[C@@H](COC(=O)CCCCCCCCCCCCCCCCC(C)CC)OC(=O)CCCCCCCCCCCCCCCCCCC(C)C. The first-order valence-corrected chi connectivity index (χ1v) is 46.9. The molecule has 4 unspecified atom stereocenters. The van der Waals surface area contributed by atoms with Crippen molar-refractivity contribution in [3.63, 3.8) is 0 Å². The van der Waals surface area contributed by atoms with Crippen molar-refractivity contribution in [2.24, 2.45) is 17.8 Å². The number of esters is 4. The van der Waals surface area contributed by atoms with Crippen LogP contribution in [0, 0.1) is 17.8 Å². The Morgan fingerprint density at radius 1 is 0.279 bits per heavy atom. The van der Waals surface area contributed by atoms with Gasteiger partial charge >= 0.3 is 39.5 Å². The lowest BCUT2D eigenvalue weighted by molar-refractivity contribution is -0.161. The fourth-order valence-corrected chi connectivity index (χ4v) is 14.7. The third kappa shape index (κ3) is 75.5. The molecule has 0 bridgehead atoms. The van der Waals surface area contributed by atoms with E-state index in [-0.39, 0.29) is 25.7 Å². The predicted octanol–water partition coefficient (Wildman–Crippen LogP) is 25.7. The molecule has 104 heavy (non-hydrogen) atoms. The van der Waals surface area contributed by atoms with Gasteiger partial charge in [0.05, 0.1) is 26.4 Å². The molecule has 19 heteroatoms. The Morgan fingerprint density at radius 3 is 0.731 bits per heavy atom. The molecule has 0 heterocycles. The van der Waals surface area contributed by atoms with Gasteiger partial charge < -0.3 is 33.8 Å². The van der Waals surface area contributed by atoms with Gasteiger partial charge in [0.15, 0.2) is 12.2 Å². The maximum atomic E-state index is 13.1. The molecule has 0 saturated carbocycles. The third-order valence-corrected chi connectivity index (χ3v) is 22.5. The molecule has 0 aliphatic rings. The number of aliphatic hydroxyl groups is 1. The largest absolute Gasteiger partial charge is 0.472 e. The van der Waals surface area contributed by atoms with Crippen molar-refractivity contribution < 1.29 is 80.2 Å². The molecule has 0 amide bonds. The molecule has 0 saturated heterocycles. The van der Waals surface area contributed by atoms with Gasteiger partial charge in [-0.15, -0.1) is 0 Å². The average Bonchev–Trinajstić information content (AvgIpc) is 0.914. The molecule has 0 fully saturated rings. The number of aliphatic hydroxyl groups excluding tert-OH is 1. The number of rotatable bonds is 83. The highest BCUT2D eigenvalue weighted by Gasteiger charge is 2.30. The first kappa shape index (κ1) is 102. The van der Waals surface area contributed by atoms with E-state index in [1.807, 2.05) is 0 Å². The van der Waals surface area contributed by atoms with Crippen LogP contribution in [0.15, 0.2) is 0 Å². The second-order valence-corrected chi connectivity index (χ2v) is 34.4. The molecular weight excluding hydrogens is 1350 g/mol. The number of hydrogen-bond acceptors (Lipinski definition) is 15. The first-order valence-electron chi connectivity index (χ1n) is 43.9. The first-order chi connectivity index (χ1) is 50.3. The minimum atomic E-state index is -4.97. The van der Waals surface area contributed by atoms with Gasteiger partial charge in [0.25, 0.3) is 0 Å². The van der Waals surface area contributed by atoms with Crippen LogP contribution in [0.1, 0.15) is 447 Å². The fourth-order valence-electron chi connectivity index (χ4n) is 13.1. The Bertz CT molecular complexity index is 2010. The van der Waals surface area contributed by atoms with Gasteiger partial charge in [-0.1, -0.05) is 395 Å². The van der Waals surface area contributed by atoms with Crippen LogP contribution in [0.4, 0.5) is 0 Å². The molecule has 3 N–H and O–H groups in total. The number of carbonyl (C=O) groups is 4. The second kappa shape index (κ2) is 75.1. The zero-order valence-corrected chi connectivity index (χ0v) is 70.3. The van der Waals surface area contributed by atoms with E-state index >= 15 is 0 Å². The lowest BCUT2D eigenvalue weighted by Gasteiger charge is -2.21. The number of hydrogen-bond donors (Lipinski definition) is 3. The fraction of sp³-hybridized carbons (Fsp3) is 0.953. The summed E-state index contributed by atoms with van der Waals surface area (Å²) >= 11 is 0. The van der Waals surface area contributed by atoms with Gasteiger partial charge in [-0.05, 0) is 43.4 Å². The quantitative estimate of drug-likeness (QED) is 0.0222. The number of phosphoric ester groups is 2. The van der Waals surface area contributed by atoms with Gasteiger partial charge in [0.1, 0.15) is 19.3 Å². The van der Waals surface area contributed by atoms with Crippen LogP contribution in [0.2, 0.25) is 0 Å². The van der Waals surface area contributed by atoms with Crippen LogP contribution < -0.4 is 0 Å². The van der Waals surface area contributed by atoms with Crippen molar-refractivity contribution in [2.45, 2.75) is 465 Å². The van der Waals surface area contributed by atoms with Crippen LogP contribution in [0.25, 0.3) is 0 Å². The molecule has 0 aliphatic carbocycles. The number of phosphoric acid groups is 2. The maximum absolute atomic E-state index is 13.1. The minimum absolute atomic E-state index is 0.108. The third-order valence-electron chi connectivity index (χ3n) is 20.6.